The minimum Gasteiger partial charge on any atom is -0.309 e. The molecule has 1 aromatic heterocycles. The second-order valence-electron chi connectivity index (χ2n) is 10.6. The third-order valence-corrected chi connectivity index (χ3v) is 9.03. The van der Waals surface area contributed by atoms with Crippen molar-refractivity contribution in [3.05, 3.63) is 53.2 Å². The van der Waals surface area contributed by atoms with E-state index in [9.17, 15) is 4.79 Å². The predicted molar refractivity (Wildman–Crippen MR) is 124 cm³/mol. The van der Waals surface area contributed by atoms with Gasteiger partial charge in [0.15, 0.2) is 5.82 Å². The molecule has 4 nitrogen and oxygen atoms in total. The lowest BCUT2D eigenvalue weighted by atomic mass is 9.53. The van der Waals surface area contributed by atoms with Crippen molar-refractivity contribution in [3.63, 3.8) is 0 Å². The van der Waals surface area contributed by atoms with Crippen LogP contribution in [0.1, 0.15) is 75.1 Å². The molecule has 0 saturated heterocycles. The molecule has 1 heterocycles. The Morgan fingerprint density at radius 3 is 2.81 bits per heavy atom. The summed E-state index contributed by atoms with van der Waals surface area (Å²) in [6.45, 7) is 6.92. The van der Waals surface area contributed by atoms with Gasteiger partial charge in [-0.3, -0.25) is 4.79 Å². The Hall–Kier alpha value is -2.23. The summed E-state index contributed by atoms with van der Waals surface area (Å²) in [5.41, 5.74) is 4.48. The Labute approximate surface area is 186 Å². The number of nitrogens with one attached hydrogen (secondary N) is 1. The summed E-state index contributed by atoms with van der Waals surface area (Å²) in [6, 6.07) is 12.9. The maximum absolute atomic E-state index is 12.6. The van der Waals surface area contributed by atoms with Gasteiger partial charge >= 0.3 is 0 Å². The summed E-state index contributed by atoms with van der Waals surface area (Å²) in [6.07, 6.45) is 8.03. The standard InChI is InChI=1S/C27H35N3O/c1-17-16-20(10-13-25(31)28-24-12-8-18(2)29-30-24)26-23-11-9-19-6-4-5-7-21(19)22(23)14-15-27(17,26)3/h4-8,12,17,20,22-23,26H,9-11,13-16H2,1-3H3,(H,28,30,31)/t17?,20-,22?,23?,26?,27-/m1/s1. The lowest BCUT2D eigenvalue weighted by Crippen LogP contribution is -2.43. The summed E-state index contributed by atoms with van der Waals surface area (Å²) in [7, 11) is 0. The molecular formula is C27H35N3O. The summed E-state index contributed by atoms with van der Waals surface area (Å²) >= 11 is 0. The first-order valence-corrected chi connectivity index (χ1v) is 12.1. The number of rotatable bonds is 4. The third-order valence-electron chi connectivity index (χ3n) is 9.03. The third kappa shape index (κ3) is 3.68. The predicted octanol–water partition coefficient (Wildman–Crippen LogP) is 5.92. The average Bonchev–Trinajstić information content (AvgIpc) is 3.04. The number of anilines is 1. The first-order valence-electron chi connectivity index (χ1n) is 12.1. The molecule has 0 aliphatic heterocycles. The summed E-state index contributed by atoms with van der Waals surface area (Å²) in [4.78, 5) is 12.6. The van der Waals surface area contributed by atoms with Gasteiger partial charge in [0.1, 0.15) is 0 Å². The van der Waals surface area contributed by atoms with Gasteiger partial charge < -0.3 is 5.32 Å². The molecule has 4 unspecified atom stereocenters. The van der Waals surface area contributed by atoms with Crippen LogP contribution in [-0.4, -0.2) is 16.1 Å². The largest absolute Gasteiger partial charge is 0.309 e. The normalized spacial score (nSPS) is 33.8. The van der Waals surface area contributed by atoms with E-state index in [4.69, 9.17) is 0 Å². The molecule has 4 heteroatoms. The first-order chi connectivity index (χ1) is 15.0. The van der Waals surface area contributed by atoms with Crippen molar-refractivity contribution in [3.8, 4) is 0 Å². The number of nitrogens with zero attached hydrogens (tertiary/aromatic N) is 2. The van der Waals surface area contributed by atoms with Crippen molar-refractivity contribution < 1.29 is 4.79 Å². The highest BCUT2D eigenvalue weighted by atomic mass is 16.1. The highest BCUT2D eigenvalue weighted by Gasteiger charge is 2.56. The zero-order chi connectivity index (χ0) is 21.6. The Morgan fingerprint density at radius 2 is 2.00 bits per heavy atom. The second-order valence-corrected chi connectivity index (χ2v) is 10.6. The molecule has 0 spiro atoms. The van der Waals surface area contributed by atoms with E-state index in [0.29, 0.717) is 29.5 Å². The molecule has 6 atom stereocenters. The molecule has 3 aliphatic rings. The number of carbonyl (C=O) groups is 1. The minimum atomic E-state index is 0.0701. The molecule has 1 N–H and O–H groups in total. The van der Waals surface area contributed by atoms with E-state index >= 15 is 0 Å². The quantitative estimate of drug-likeness (QED) is 0.671. The van der Waals surface area contributed by atoms with Crippen LogP contribution in [-0.2, 0) is 11.2 Å². The van der Waals surface area contributed by atoms with Crippen LogP contribution in [0.25, 0.3) is 0 Å². The van der Waals surface area contributed by atoms with Gasteiger partial charge in [-0.1, -0.05) is 38.1 Å². The van der Waals surface area contributed by atoms with Crippen LogP contribution in [0.4, 0.5) is 5.82 Å². The summed E-state index contributed by atoms with van der Waals surface area (Å²) in [5.74, 6) is 4.24. The molecule has 164 valence electrons. The van der Waals surface area contributed by atoms with Gasteiger partial charge in [-0.2, -0.15) is 5.10 Å². The summed E-state index contributed by atoms with van der Waals surface area (Å²) in [5, 5.41) is 11.1. The Bertz CT molecular complexity index is 955. The molecule has 2 fully saturated rings. The van der Waals surface area contributed by atoms with E-state index in [0.717, 1.165) is 29.9 Å². The fraction of sp³-hybridized carbons (Fsp3) is 0.593. The maximum Gasteiger partial charge on any atom is 0.225 e. The Balaban J connectivity index is 1.31. The van der Waals surface area contributed by atoms with Crippen LogP contribution in [0.5, 0.6) is 0 Å². The first kappa shape index (κ1) is 20.7. The maximum atomic E-state index is 12.6. The van der Waals surface area contributed by atoms with E-state index in [1.165, 1.54) is 32.1 Å². The van der Waals surface area contributed by atoms with Gasteiger partial charge in [0.05, 0.1) is 5.69 Å². The Kier molecular flexibility index (Phi) is 5.35. The van der Waals surface area contributed by atoms with Crippen LogP contribution in [0.15, 0.2) is 36.4 Å². The topological polar surface area (TPSA) is 54.9 Å². The van der Waals surface area contributed by atoms with Gasteiger partial charge in [0.25, 0.3) is 0 Å². The van der Waals surface area contributed by atoms with E-state index in [1.54, 1.807) is 11.1 Å². The fourth-order valence-corrected chi connectivity index (χ4v) is 7.42. The number of hydrogen-bond acceptors (Lipinski definition) is 3. The van der Waals surface area contributed by atoms with Crippen molar-refractivity contribution in [2.45, 2.75) is 71.6 Å². The second kappa shape index (κ2) is 8.03. The van der Waals surface area contributed by atoms with Gasteiger partial charge in [-0.25, -0.2) is 0 Å². The van der Waals surface area contributed by atoms with E-state index in [2.05, 4.69) is 53.6 Å². The zero-order valence-corrected chi connectivity index (χ0v) is 19.1. The van der Waals surface area contributed by atoms with Crippen LogP contribution >= 0.6 is 0 Å². The smallest absolute Gasteiger partial charge is 0.225 e. The molecule has 1 aromatic carbocycles. The number of carbonyl (C=O) groups excluding carboxylic acids is 1. The number of aromatic nitrogens is 2. The lowest BCUT2D eigenvalue weighted by molar-refractivity contribution is -0.116. The molecule has 0 bridgehead atoms. The Morgan fingerprint density at radius 1 is 1.16 bits per heavy atom. The SMILES string of the molecule is Cc1ccc(NC(=O)CC[C@@H]2CC(C)[C@@]3(C)CCC4c5ccccc5CCC4C23)nn1. The van der Waals surface area contributed by atoms with Gasteiger partial charge in [-0.15, -0.1) is 5.10 Å². The molecule has 2 aromatic rings. The van der Waals surface area contributed by atoms with Gasteiger partial charge in [0.2, 0.25) is 5.91 Å². The molecule has 5 rings (SSSR count). The van der Waals surface area contributed by atoms with Gasteiger partial charge in [-0.05, 0) is 104 Å². The average molecular weight is 418 g/mol. The van der Waals surface area contributed by atoms with Crippen molar-refractivity contribution in [1.29, 1.82) is 0 Å². The molecule has 0 radical (unpaired) electrons. The van der Waals surface area contributed by atoms with E-state index in [1.807, 2.05) is 19.1 Å². The monoisotopic (exact) mass is 417 g/mol. The number of hydrogen-bond donors (Lipinski definition) is 1. The number of amides is 1. The molecule has 3 aliphatic carbocycles. The zero-order valence-electron chi connectivity index (χ0n) is 19.1. The summed E-state index contributed by atoms with van der Waals surface area (Å²) < 4.78 is 0. The van der Waals surface area contributed by atoms with Crippen molar-refractivity contribution in [2.75, 3.05) is 5.32 Å². The van der Waals surface area contributed by atoms with Crippen molar-refractivity contribution >= 4 is 11.7 Å². The van der Waals surface area contributed by atoms with Crippen molar-refractivity contribution in [2.24, 2.45) is 29.1 Å². The van der Waals surface area contributed by atoms with Crippen LogP contribution in [0.3, 0.4) is 0 Å². The van der Waals surface area contributed by atoms with Crippen LogP contribution < -0.4 is 5.32 Å². The highest BCUT2D eigenvalue weighted by molar-refractivity contribution is 5.89. The van der Waals surface area contributed by atoms with E-state index < -0.39 is 0 Å². The molecule has 1 amide bonds. The van der Waals surface area contributed by atoms with Crippen LogP contribution in [0.2, 0.25) is 0 Å². The van der Waals surface area contributed by atoms with E-state index in [-0.39, 0.29) is 5.91 Å². The fourth-order valence-electron chi connectivity index (χ4n) is 7.42. The molecular weight excluding hydrogens is 382 g/mol. The van der Waals surface area contributed by atoms with Gasteiger partial charge in [0, 0.05) is 6.42 Å². The molecule has 31 heavy (non-hydrogen) atoms. The van der Waals surface area contributed by atoms with Crippen LogP contribution in [0, 0.1) is 36.0 Å². The number of benzene rings is 1. The number of fused-ring (bicyclic) bond motifs is 5. The molecule has 2 saturated carbocycles. The highest BCUT2D eigenvalue weighted by Crippen LogP contribution is 2.65. The lowest BCUT2D eigenvalue weighted by Gasteiger charge is -2.52. The van der Waals surface area contributed by atoms with Crippen molar-refractivity contribution in [1.82, 2.24) is 10.2 Å². The minimum absolute atomic E-state index is 0.0701. The number of aryl methyl sites for hydroxylation is 2.